The highest BCUT2D eigenvalue weighted by molar-refractivity contribution is 5.74. The second kappa shape index (κ2) is 9.78. The molecule has 0 saturated carbocycles. The quantitative estimate of drug-likeness (QED) is 0.273. The maximum atomic E-state index is 14.7. The van der Waals surface area contributed by atoms with E-state index in [1.165, 1.54) is 19.3 Å². The smallest absolute Gasteiger partial charge is 0.167 e. The van der Waals surface area contributed by atoms with Gasteiger partial charge in [0.15, 0.2) is 11.6 Å². The predicted molar refractivity (Wildman–Crippen MR) is 128 cm³/mol. The number of hydrogen-bond donors (Lipinski definition) is 0. The van der Waals surface area contributed by atoms with Crippen molar-refractivity contribution < 1.29 is 17.9 Å². The van der Waals surface area contributed by atoms with E-state index >= 15 is 0 Å². The lowest BCUT2D eigenvalue weighted by molar-refractivity contribution is 0.411. The van der Waals surface area contributed by atoms with Crippen LogP contribution in [0.4, 0.5) is 13.2 Å². The molecule has 0 spiro atoms. The van der Waals surface area contributed by atoms with Crippen molar-refractivity contribution in [2.45, 2.75) is 13.3 Å². The Bertz CT molecular complexity index is 1290. The van der Waals surface area contributed by atoms with E-state index in [1.807, 2.05) is 19.1 Å². The molecule has 0 aromatic heterocycles. The van der Waals surface area contributed by atoms with Crippen LogP contribution in [-0.4, -0.2) is 7.11 Å². The third-order valence-corrected chi connectivity index (χ3v) is 5.64. The van der Waals surface area contributed by atoms with Crippen molar-refractivity contribution in [2.75, 3.05) is 7.11 Å². The molecular formula is C29H23F3O. The van der Waals surface area contributed by atoms with Gasteiger partial charge in [-0.15, -0.1) is 0 Å². The predicted octanol–water partition coefficient (Wildman–Crippen LogP) is 8.18. The number of halogens is 3. The molecule has 0 aliphatic heterocycles. The van der Waals surface area contributed by atoms with E-state index in [9.17, 15) is 13.2 Å². The molecule has 4 aromatic rings. The third kappa shape index (κ3) is 4.85. The van der Waals surface area contributed by atoms with Gasteiger partial charge >= 0.3 is 0 Å². The first kappa shape index (κ1) is 22.4. The van der Waals surface area contributed by atoms with E-state index in [0.717, 1.165) is 17.5 Å². The maximum absolute atomic E-state index is 14.7. The number of aryl methyl sites for hydroxylation is 1. The normalized spacial score (nSPS) is 11.2. The summed E-state index contributed by atoms with van der Waals surface area (Å²) in [5.41, 5.74) is 4.13. The number of benzene rings is 4. The molecule has 4 aromatic carbocycles. The van der Waals surface area contributed by atoms with Crippen molar-refractivity contribution in [3.63, 3.8) is 0 Å². The maximum Gasteiger partial charge on any atom is 0.167 e. The van der Waals surface area contributed by atoms with Gasteiger partial charge in [0, 0.05) is 22.8 Å². The lowest BCUT2D eigenvalue weighted by atomic mass is 10.00. The van der Waals surface area contributed by atoms with Crippen molar-refractivity contribution in [3.05, 3.63) is 113 Å². The first-order chi connectivity index (χ1) is 16.0. The molecule has 0 radical (unpaired) electrons. The SMILES string of the molecule is CCc1ccc(-c2ccc(/C=C/c3ccc(-c4ccc(OC)cc4F)cc3)c(F)c2F)cc1. The molecule has 0 atom stereocenters. The van der Waals surface area contributed by atoms with Gasteiger partial charge in [-0.05, 0) is 40.8 Å². The van der Waals surface area contributed by atoms with Crippen molar-refractivity contribution in [2.24, 2.45) is 0 Å². The molecule has 166 valence electrons. The summed E-state index contributed by atoms with van der Waals surface area (Å²) in [7, 11) is 1.49. The van der Waals surface area contributed by atoms with Crippen molar-refractivity contribution >= 4 is 12.2 Å². The van der Waals surface area contributed by atoms with Crippen LogP contribution in [0.5, 0.6) is 5.75 Å². The van der Waals surface area contributed by atoms with Crippen LogP contribution in [0.15, 0.2) is 78.9 Å². The Labute approximate surface area is 191 Å². The monoisotopic (exact) mass is 444 g/mol. The van der Waals surface area contributed by atoms with E-state index in [1.54, 1.807) is 66.7 Å². The highest BCUT2D eigenvalue weighted by Crippen LogP contribution is 2.29. The number of methoxy groups -OCH3 is 1. The molecule has 0 saturated heterocycles. The summed E-state index contributed by atoms with van der Waals surface area (Å²) in [5, 5.41) is 0. The Morgan fingerprint density at radius 2 is 1.33 bits per heavy atom. The minimum atomic E-state index is -0.889. The summed E-state index contributed by atoms with van der Waals surface area (Å²) < 4.78 is 48.8. The van der Waals surface area contributed by atoms with Gasteiger partial charge in [-0.25, -0.2) is 13.2 Å². The van der Waals surface area contributed by atoms with Gasteiger partial charge in [-0.1, -0.05) is 79.7 Å². The van der Waals surface area contributed by atoms with Crippen LogP contribution in [-0.2, 0) is 6.42 Å². The topological polar surface area (TPSA) is 9.23 Å². The Kier molecular flexibility index (Phi) is 6.64. The van der Waals surface area contributed by atoms with Crippen LogP contribution in [0.1, 0.15) is 23.6 Å². The van der Waals surface area contributed by atoms with E-state index in [4.69, 9.17) is 4.74 Å². The molecule has 0 N–H and O–H groups in total. The minimum absolute atomic E-state index is 0.159. The first-order valence-electron chi connectivity index (χ1n) is 10.7. The van der Waals surface area contributed by atoms with Crippen LogP contribution in [0.25, 0.3) is 34.4 Å². The molecule has 0 bridgehead atoms. The minimum Gasteiger partial charge on any atom is -0.497 e. The fourth-order valence-electron chi connectivity index (χ4n) is 3.65. The Morgan fingerprint density at radius 1 is 0.697 bits per heavy atom. The second-order valence-corrected chi connectivity index (χ2v) is 7.68. The Hall–Kier alpha value is -3.79. The zero-order valence-corrected chi connectivity index (χ0v) is 18.4. The molecule has 0 unspecified atom stereocenters. The van der Waals surface area contributed by atoms with Crippen LogP contribution < -0.4 is 4.74 Å². The molecule has 0 fully saturated rings. The Balaban J connectivity index is 1.54. The summed E-state index contributed by atoms with van der Waals surface area (Å²) in [4.78, 5) is 0. The van der Waals surface area contributed by atoms with Gasteiger partial charge in [-0.3, -0.25) is 0 Å². The molecule has 4 heteroatoms. The molecular weight excluding hydrogens is 421 g/mol. The van der Waals surface area contributed by atoms with Gasteiger partial charge < -0.3 is 4.74 Å². The standard InChI is InChI=1S/C29H23F3O/c1-3-19-4-9-22(10-5-19)26-16-14-23(28(31)29(26)32)13-8-20-6-11-21(12-7-20)25-17-15-24(33-2)18-27(25)30/h4-18H,3H2,1-2H3/b13-8+. The highest BCUT2D eigenvalue weighted by atomic mass is 19.2. The van der Waals surface area contributed by atoms with Gasteiger partial charge in [-0.2, -0.15) is 0 Å². The number of ether oxygens (including phenoxy) is 1. The zero-order chi connectivity index (χ0) is 23.4. The molecule has 1 nitrogen and oxygen atoms in total. The number of hydrogen-bond acceptors (Lipinski definition) is 1. The first-order valence-corrected chi connectivity index (χ1v) is 10.7. The third-order valence-electron chi connectivity index (χ3n) is 5.64. The van der Waals surface area contributed by atoms with Gasteiger partial charge in [0.05, 0.1) is 7.11 Å². The summed E-state index contributed by atoms with van der Waals surface area (Å²) in [6.45, 7) is 2.04. The fraction of sp³-hybridized carbons (Fsp3) is 0.103. The lowest BCUT2D eigenvalue weighted by Crippen LogP contribution is -1.93. The zero-order valence-electron chi connectivity index (χ0n) is 18.4. The molecule has 4 rings (SSSR count). The van der Waals surface area contributed by atoms with Crippen LogP contribution in [0.3, 0.4) is 0 Å². The van der Waals surface area contributed by atoms with Gasteiger partial charge in [0.25, 0.3) is 0 Å². The summed E-state index contributed by atoms with van der Waals surface area (Å²) in [6.07, 6.45) is 4.12. The van der Waals surface area contributed by atoms with E-state index in [-0.39, 0.29) is 16.9 Å². The molecule has 0 aliphatic carbocycles. The van der Waals surface area contributed by atoms with Crippen LogP contribution in [0.2, 0.25) is 0 Å². The van der Waals surface area contributed by atoms with Crippen LogP contribution in [0, 0.1) is 17.5 Å². The summed E-state index contributed by atoms with van der Waals surface area (Å²) in [6, 6.07) is 22.5. The van der Waals surface area contributed by atoms with E-state index in [0.29, 0.717) is 22.4 Å². The highest BCUT2D eigenvalue weighted by Gasteiger charge is 2.13. The molecule has 0 heterocycles. The summed E-state index contributed by atoms with van der Waals surface area (Å²) in [5.74, 6) is -1.68. The van der Waals surface area contributed by atoms with Crippen molar-refractivity contribution in [3.8, 4) is 28.0 Å². The Morgan fingerprint density at radius 3 is 1.97 bits per heavy atom. The molecule has 0 amide bonds. The second-order valence-electron chi connectivity index (χ2n) is 7.68. The molecule has 0 aliphatic rings. The van der Waals surface area contributed by atoms with Crippen molar-refractivity contribution in [1.29, 1.82) is 0 Å². The average Bonchev–Trinajstić information content (AvgIpc) is 2.85. The number of rotatable bonds is 6. The van der Waals surface area contributed by atoms with Gasteiger partial charge in [0.1, 0.15) is 11.6 Å². The van der Waals surface area contributed by atoms with E-state index in [2.05, 4.69) is 0 Å². The largest absolute Gasteiger partial charge is 0.497 e. The fourth-order valence-corrected chi connectivity index (χ4v) is 3.65. The average molecular weight is 444 g/mol. The van der Waals surface area contributed by atoms with Gasteiger partial charge in [0.2, 0.25) is 0 Å². The summed E-state index contributed by atoms with van der Waals surface area (Å²) >= 11 is 0. The molecule has 33 heavy (non-hydrogen) atoms. The lowest BCUT2D eigenvalue weighted by Gasteiger charge is -2.08. The van der Waals surface area contributed by atoms with Crippen molar-refractivity contribution in [1.82, 2.24) is 0 Å². The van der Waals surface area contributed by atoms with Crippen LogP contribution >= 0.6 is 0 Å². The van der Waals surface area contributed by atoms with E-state index < -0.39 is 11.6 Å².